The molecule has 1 heterocycles. The molecule has 146 valence electrons. The molecular weight excluding hydrogens is 360 g/mol. The van der Waals surface area contributed by atoms with E-state index in [1.54, 1.807) is 44.5 Å². The van der Waals surface area contributed by atoms with Crippen molar-refractivity contribution in [2.24, 2.45) is 0 Å². The monoisotopic (exact) mass is 382 g/mol. The van der Waals surface area contributed by atoms with Crippen molar-refractivity contribution in [3.8, 4) is 22.8 Å². The Bertz CT molecular complexity index is 919. The minimum Gasteiger partial charge on any atom is -0.497 e. The predicted octanol–water partition coefficient (Wildman–Crippen LogP) is 3.04. The van der Waals surface area contributed by atoms with Gasteiger partial charge in [-0.05, 0) is 49.4 Å². The average Bonchev–Trinajstić information content (AvgIpc) is 3.20. The van der Waals surface area contributed by atoms with Crippen molar-refractivity contribution in [3.05, 3.63) is 66.2 Å². The maximum atomic E-state index is 12.1. The van der Waals surface area contributed by atoms with Crippen molar-refractivity contribution >= 4 is 5.91 Å². The highest BCUT2D eigenvalue weighted by molar-refractivity contribution is 5.94. The van der Waals surface area contributed by atoms with Crippen LogP contribution in [-0.4, -0.2) is 35.8 Å². The molecule has 3 aromatic rings. The van der Waals surface area contributed by atoms with E-state index in [4.69, 9.17) is 13.9 Å². The molecule has 1 unspecified atom stereocenters. The summed E-state index contributed by atoms with van der Waals surface area (Å²) < 4.78 is 16.6. The second kappa shape index (κ2) is 9.05. The zero-order valence-electron chi connectivity index (χ0n) is 15.7. The van der Waals surface area contributed by atoms with Crippen LogP contribution in [0.25, 0.3) is 11.3 Å². The van der Waals surface area contributed by atoms with Crippen molar-refractivity contribution in [1.82, 2.24) is 10.3 Å². The Balaban J connectivity index is 1.60. The number of aliphatic hydroxyl groups excluding tert-OH is 1. The summed E-state index contributed by atoms with van der Waals surface area (Å²) in [7, 11) is 1.62. The van der Waals surface area contributed by atoms with E-state index in [0.29, 0.717) is 23.0 Å². The molecule has 3 rings (SSSR count). The number of nitrogens with zero attached hydrogens (tertiary/aromatic N) is 1. The average molecular weight is 382 g/mol. The fourth-order valence-corrected chi connectivity index (χ4v) is 2.48. The molecule has 0 radical (unpaired) electrons. The van der Waals surface area contributed by atoms with Crippen LogP contribution in [0.3, 0.4) is 0 Å². The SMILES string of the molecule is COc1ccc(-c2cnc(COc3cccc(C(=O)NCC(C)O)c3)o2)cc1. The summed E-state index contributed by atoms with van der Waals surface area (Å²) in [6.45, 7) is 1.93. The van der Waals surface area contributed by atoms with E-state index in [1.165, 1.54) is 0 Å². The molecule has 28 heavy (non-hydrogen) atoms. The molecule has 1 atom stereocenters. The summed E-state index contributed by atoms with van der Waals surface area (Å²) in [5.74, 6) is 2.07. The van der Waals surface area contributed by atoms with E-state index in [0.717, 1.165) is 11.3 Å². The zero-order valence-corrected chi connectivity index (χ0v) is 15.7. The van der Waals surface area contributed by atoms with Gasteiger partial charge in [-0.3, -0.25) is 4.79 Å². The van der Waals surface area contributed by atoms with Gasteiger partial charge in [-0.15, -0.1) is 0 Å². The summed E-state index contributed by atoms with van der Waals surface area (Å²) in [5, 5.41) is 11.9. The number of methoxy groups -OCH3 is 1. The number of aromatic nitrogens is 1. The minimum absolute atomic E-state index is 0.134. The molecule has 7 nitrogen and oxygen atoms in total. The van der Waals surface area contributed by atoms with Gasteiger partial charge in [0.15, 0.2) is 12.4 Å². The summed E-state index contributed by atoms with van der Waals surface area (Å²) in [6, 6.07) is 14.3. The molecule has 0 aliphatic heterocycles. The highest BCUT2D eigenvalue weighted by Crippen LogP contribution is 2.23. The standard InChI is InChI=1S/C21H22N2O5/c1-14(24)11-23-21(25)16-4-3-5-18(10-16)27-13-20-22-12-19(28-20)15-6-8-17(26-2)9-7-15/h3-10,12,14,24H,11,13H2,1-2H3,(H,23,25). The largest absolute Gasteiger partial charge is 0.497 e. The first-order chi connectivity index (χ1) is 13.5. The van der Waals surface area contributed by atoms with Gasteiger partial charge in [-0.25, -0.2) is 4.98 Å². The lowest BCUT2D eigenvalue weighted by Crippen LogP contribution is -2.30. The van der Waals surface area contributed by atoms with Gasteiger partial charge >= 0.3 is 0 Å². The Morgan fingerprint density at radius 2 is 2.00 bits per heavy atom. The Labute approximate surface area is 162 Å². The second-order valence-electron chi connectivity index (χ2n) is 6.22. The Kier molecular flexibility index (Phi) is 6.29. The second-order valence-corrected chi connectivity index (χ2v) is 6.22. The maximum Gasteiger partial charge on any atom is 0.251 e. The number of ether oxygens (including phenoxy) is 2. The topological polar surface area (TPSA) is 93.8 Å². The van der Waals surface area contributed by atoms with E-state index in [1.807, 2.05) is 24.3 Å². The van der Waals surface area contributed by atoms with Crippen LogP contribution in [0, 0.1) is 0 Å². The number of oxazole rings is 1. The predicted molar refractivity (Wildman–Crippen MR) is 103 cm³/mol. The van der Waals surface area contributed by atoms with Gasteiger partial charge in [-0.1, -0.05) is 6.07 Å². The Morgan fingerprint density at radius 1 is 1.21 bits per heavy atom. The van der Waals surface area contributed by atoms with Gasteiger partial charge in [0.1, 0.15) is 11.5 Å². The summed E-state index contributed by atoms with van der Waals surface area (Å²) in [6.07, 6.45) is 1.04. The van der Waals surface area contributed by atoms with Gasteiger partial charge in [0.05, 0.1) is 19.4 Å². The molecule has 0 saturated heterocycles. The van der Waals surface area contributed by atoms with Gasteiger partial charge in [-0.2, -0.15) is 0 Å². The number of amides is 1. The molecule has 0 aliphatic rings. The highest BCUT2D eigenvalue weighted by Gasteiger charge is 2.10. The molecule has 0 spiro atoms. The van der Waals surface area contributed by atoms with Gasteiger partial charge in [0.25, 0.3) is 5.91 Å². The van der Waals surface area contributed by atoms with Crippen LogP contribution in [0.15, 0.2) is 59.1 Å². The quantitative estimate of drug-likeness (QED) is 0.622. The Morgan fingerprint density at radius 3 is 2.71 bits per heavy atom. The van der Waals surface area contributed by atoms with Crippen LogP contribution in [0.5, 0.6) is 11.5 Å². The normalized spacial score (nSPS) is 11.7. The summed E-state index contributed by atoms with van der Waals surface area (Å²) >= 11 is 0. The van der Waals surface area contributed by atoms with E-state index in [2.05, 4.69) is 10.3 Å². The number of hydrogen-bond donors (Lipinski definition) is 2. The highest BCUT2D eigenvalue weighted by atomic mass is 16.5. The molecular formula is C21H22N2O5. The van der Waals surface area contributed by atoms with Crippen LogP contribution in [0.2, 0.25) is 0 Å². The number of hydrogen-bond acceptors (Lipinski definition) is 6. The molecule has 1 amide bonds. The number of benzene rings is 2. The first-order valence-electron chi connectivity index (χ1n) is 8.83. The maximum absolute atomic E-state index is 12.1. The Hall–Kier alpha value is -3.32. The van der Waals surface area contributed by atoms with Crippen LogP contribution < -0.4 is 14.8 Å². The molecule has 2 N–H and O–H groups in total. The van der Waals surface area contributed by atoms with Crippen molar-refractivity contribution in [2.45, 2.75) is 19.6 Å². The summed E-state index contributed by atoms with van der Waals surface area (Å²) in [4.78, 5) is 16.3. The minimum atomic E-state index is -0.603. The van der Waals surface area contributed by atoms with Crippen molar-refractivity contribution in [3.63, 3.8) is 0 Å². The summed E-state index contributed by atoms with van der Waals surface area (Å²) in [5.41, 5.74) is 1.33. The zero-order chi connectivity index (χ0) is 19.9. The molecule has 0 bridgehead atoms. The number of carbonyl (C=O) groups excluding carboxylic acids is 1. The number of nitrogens with one attached hydrogen (secondary N) is 1. The van der Waals surface area contributed by atoms with E-state index in [9.17, 15) is 9.90 Å². The van der Waals surface area contributed by atoms with Crippen LogP contribution in [0.1, 0.15) is 23.2 Å². The third kappa shape index (κ3) is 5.11. The van der Waals surface area contributed by atoms with E-state index >= 15 is 0 Å². The molecule has 1 aromatic heterocycles. The first kappa shape index (κ1) is 19.4. The van der Waals surface area contributed by atoms with E-state index < -0.39 is 6.10 Å². The third-order valence-electron chi connectivity index (χ3n) is 3.94. The number of aliphatic hydroxyl groups is 1. The molecule has 0 fully saturated rings. The number of rotatable bonds is 8. The van der Waals surface area contributed by atoms with Gasteiger partial charge in [0.2, 0.25) is 5.89 Å². The lowest BCUT2D eigenvalue weighted by molar-refractivity contribution is 0.0923. The number of carbonyl (C=O) groups is 1. The molecule has 0 saturated carbocycles. The van der Waals surface area contributed by atoms with Gasteiger partial charge < -0.3 is 24.3 Å². The van der Waals surface area contributed by atoms with Crippen LogP contribution >= 0.6 is 0 Å². The lowest BCUT2D eigenvalue weighted by Gasteiger charge is -2.09. The third-order valence-corrected chi connectivity index (χ3v) is 3.94. The fraction of sp³-hybridized carbons (Fsp3) is 0.238. The first-order valence-corrected chi connectivity index (χ1v) is 8.83. The van der Waals surface area contributed by atoms with Crippen molar-refractivity contribution < 1.29 is 23.8 Å². The van der Waals surface area contributed by atoms with Crippen molar-refractivity contribution in [2.75, 3.05) is 13.7 Å². The smallest absolute Gasteiger partial charge is 0.251 e. The van der Waals surface area contributed by atoms with Crippen LogP contribution in [-0.2, 0) is 6.61 Å². The van der Waals surface area contributed by atoms with Crippen LogP contribution in [0.4, 0.5) is 0 Å². The molecule has 7 heteroatoms. The van der Waals surface area contributed by atoms with E-state index in [-0.39, 0.29) is 19.1 Å². The molecule has 0 aliphatic carbocycles. The fourth-order valence-electron chi connectivity index (χ4n) is 2.48. The molecule has 2 aromatic carbocycles. The van der Waals surface area contributed by atoms with Gasteiger partial charge in [0, 0.05) is 17.7 Å². The van der Waals surface area contributed by atoms with Crippen molar-refractivity contribution in [1.29, 1.82) is 0 Å². The lowest BCUT2D eigenvalue weighted by atomic mass is 10.2.